The lowest BCUT2D eigenvalue weighted by molar-refractivity contribution is -0.226. The van der Waals surface area contributed by atoms with E-state index >= 15 is 0 Å². The van der Waals surface area contributed by atoms with Gasteiger partial charge in [0.1, 0.15) is 24.2 Å². The monoisotopic (exact) mass is 594 g/mol. The van der Waals surface area contributed by atoms with Crippen LogP contribution in [0.1, 0.15) is 70.6 Å². The predicted molar refractivity (Wildman–Crippen MR) is 152 cm³/mol. The van der Waals surface area contributed by atoms with Crippen LogP contribution in [0.5, 0.6) is 5.75 Å². The number of carbonyl (C=O) groups is 2. The van der Waals surface area contributed by atoms with Crippen LogP contribution in [0.25, 0.3) is 0 Å². The lowest BCUT2D eigenvalue weighted by Gasteiger charge is -2.32. The fraction of sp³-hybridized carbons (Fsp3) is 0.677. The second-order valence-electron chi connectivity index (χ2n) is 10.9. The van der Waals surface area contributed by atoms with Gasteiger partial charge in [-0.05, 0) is 76.0 Å². The molecule has 2 aliphatic heterocycles. The number of ether oxygens (including phenoxy) is 6. The van der Waals surface area contributed by atoms with Crippen molar-refractivity contribution < 1.29 is 43.1 Å². The maximum Gasteiger partial charge on any atom is 0.303 e. The smallest absolute Gasteiger partial charge is 0.303 e. The minimum absolute atomic E-state index is 0.0919. The molecule has 2 saturated heterocycles. The fourth-order valence-corrected chi connectivity index (χ4v) is 5.57. The van der Waals surface area contributed by atoms with Gasteiger partial charge in [-0.15, -0.1) is 0 Å². The molecule has 1 N–H and O–H groups in total. The van der Waals surface area contributed by atoms with Gasteiger partial charge >= 0.3 is 5.97 Å². The molecule has 41 heavy (non-hydrogen) atoms. The van der Waals surface area contributed by atoms with Crippen LogP contribution in [-0.2, 0) is 33.3 Å². The molecule has 0 radical (unpaired) electrons. The summed E-state index contributed by atoms with van der Waals surface area (Å²) in [5.41, 5.74) is 0. The van der Waals surface area contributed by atoms with Crippen molar-refractivity contribution in [3.05, 3.63) is 41.4 Å². The Bertz CT molecular complexity index is 974. The molecular formula is C31H43ClO9. The number of halogens is 1. The molecule has 2 heterocycles. The summed E-state index contributed by atoms with van der Waals surface area (Å²) in [4.78, 5) is 23.9. The Hall–Kier alpha value is -2.01. The number of ketones is 1. The Balaban J connectivity index is 1.40. The van der Waals surface area contributed by atoms with E-state index in [9.17, 15) is 9.59 Å². The first-order chi connectivity index (χ1) is 20.0. The molecule has 1 saturated carbocycles. The van der Waals surface area contributed by atoms with Crippen molar-refractivity contribution in [2.24, 2.45) is 5.92 Å². The SMILES string of the molecule is O=C(O)CCCC=CCC1C(=O)CC(OC2CCCCO2)C1OCC(COc1cccc(Cl)c1)OC1CCCCO1. The number of carboxylic acid groups (broad SMARTS) is 1. The van der Waals surface area contributed by atoms with Crippen LogP contribution in [0, 0.1) is 5.92 Å². The van der Waals surface area contributed by atoms with Crippen LogP contribution in [0.3, 0.4) is 0 Å². The molecule has 9 nitrogen and oxygen atoms in total. The molecule has 4 rings (SSSR count). The third-order valence-electron chi connectivity index (χ3n) is 7.55. The number of Topliss-reactive ketones (excluding diaryl/α,β-unsaturated/α-hetero) is 1. The van der Waals surface area contributed by atoms with E-state index in [-0.39, 0.29) is 50.3 Å². The van der Waals surface area contributed by atoms with Crippen molar-refractivity contribution in [2.45, 2.75) is 102 Å². The summed E-state index contributed by atoms with van der Waals surface area (Å²) >= 11 is 6.13. The van der Waals surface area contributed by atoms with E-state index in [4.69, 9.17) is 45.1 Å². The predicted octanol–water partition coefficient (Wildman–Crippen LogP) is 5.72. The molecule has 0 bridgehead atoms. The largest absolute Gasteiger partial charge is 0.491 e. The summed E-state index contributed by atoms with van der Waals surface area (Å²) in [5, 5.41) is 9.44. The number of rotatable bonds is 16. The van der Waals surface area contributed by atoms with E-state index in [1.54, 1.807) is 12.1 Å². The van der Waals surface area contributed by atoms with Crippen LogP contribution in [0.4, 0.5) is 0 Å². The Morgan fingerprint density at radius 1 is 1.07 bits per heavy atom. The van der Waals surface area contributed by atoms with Crippen LogP contribution >= 0.6 is 11.6 Å². The van der Waals surface area contributed by atoms with Gasteiger partial charge in [0.05, 0.1) is 24.7 Å². The maximum atomic E-state index is 13.1. The van der Waals surface area contributed by atoms with E-state index < -0.39 is 24.3 Å². The van der Waals surface area contributed by atoms with E-state index in [1.165, 1.54) is 0 Å². The van der Waals surface area contributed by atoms with Gasteiger partial charge in [-0.2, -0.15) is 0 Å². The lowest BCUT2D eigenvalue weighted by atomic mass is 9.99. The van der Waals surface area contributed by atoms with E-state index in [2.05, 4.69) is 0 Å². The molecule has 0 aromatic heterocycles. The van der Waals surface area contributed by atoms with Crippen molar-refractivity contribution in [1.82, 2.24) is 0 Å². The first-order valence-electron chi connectivity index (χ1n) is 14.9. The summed E-state index contributed by atoms with van der Waals surface area (Å²) in [7, 11) is 0. The zero-order valence-corrected chi connectivity index (χ0v) is 24.4. The van der Waals surface area contributed by atoms with E-state index in [1.807, 2.05) is 24.3 Å². The van der Waals surface area contributed by atoms with Crippen molar-refractivity contribution in [3.8, 4) is 5.75 Å². The number of benzene rings is 1. The van der Waals surface area contributed by atoms with Crippen molar-refractivity contribution in [2.75, 3.05) is 26.4 Å². The normalized spacial score (nSPS) is 27.7. The number of hydrogen-bond acceptors (Lipinski definition) is 8. The number of allylic oxidation sites excluding steroid dienone is 2. The van der Waals surface area contributed by atoms with Gasteiger partial charge in [-0.25, -0.2) is 0 Å². The average Bonchev–Trinajstić information content (AvgIpc) is 3.26. The van der Waals surface area contributed by atoms with Crippen LogP contribution in [-0.4, -0.2) is 74.2 Å². The summed E-state index contributed by atoms with van der Waals surface area (Å²) in [6, 6.07) is 7.20. The molecule has 6 atom stereocenters. The Morgan fingerprint density at radius 3 is 2.56 bits per heavy atom. The van der Waals surface area contributed by atoms with Crippen LogP contribution < -0.4 is 4.74 Å². The molecule has 0 amide bonds. The summed E-state index contributed by atoms with van der Waals surface area (Å²) in [6.45, 7) is 1.73. The standard InChI is InChI=1S/C31H43ClO9/c32-22-10-9-11-23(18-22)38-20-24(40-29-14-5-7-16-36-29)21-39-31-25(12-3-1-2-4-13-28(34)35)26(33)19-27(31)41-30-15-6-8-17-37-30/h1,3,9-11,18,24-25,27,29-31H,2,4-8,12-17,19-21H2,(H,34,35). The van der Waals surface area contributed by atoms with Gasteiger partial charge in [0, 0.05) is 31.1 Å². The topological polar surface area (TPSA) is 110 Å². The fourth-order valence-electron chi connectivity index (χ4n) is 5.39. The molecule has 3 fully saturated rings. The van der Waals surface area contributed by atoms with E-state index in [0.717, 1.165) is 38.5 Å². The lowest BCUT2D eigenvalue weighted by Crippen LogP contribution is -2.40. The van der Waals surface area contributed by atoms with Gasteiger partial charge in [-0.3, -0.25) is 9.59 Å². The van der Waals surface area contributed by atoms with Gasteiger partial charge in [0.15, 0.2) is 12.6 Å². The zero-order chi connectivity index (χ0) is 28.9. The van der Waals surface area contributed by atoms with Crippen LogP contribution in [0.15, 0.2) is 36.4 Å². The third-order valence-corrected chi connectivity index (χ3v) is 7.79. The van der Waals surface area contributed by atoms with Gasteiger partial charge < -0.3 is 33.5 Å². The second-order valence-corrected chi connectivity index (χ2v) is 11.3. The molecule has 1 aromatic carbocycles. The number of carboxylic acids is 1. The Kier molecular flexibility index (Phi) is 13.4. The Labute approximate surface area is 247 Å². The quantitative estimate of drug-likeness (QED) is 0.190. The number of hydrogen-bond donors (Lipinski definition) is 1. The maximum absolute atomic E-state index is 13.1. The van der Waals surface area contributed by atoms with Crippen molar-refractivity contribution >= 4 is 23.4 Å². The Morgan fingerprint density at radius 2 is 1.85 bits per heavy atom. The zero-order valence-electron chi connectivity index (χ0n) is 23.6. The number of aliphatic carboxylic acids is 1. The molecule has 3 aliphatic rings. The first-order valence-corrected chi connectivity index (χ1v) is 15.3. The minimum Gasteiger partial charge on any atom is -0.491 e. The van der Waals surface area contributed by atoms with Crippen molar-refractivity contribution in [1.29, 1.82) is 0 Å². The highest BCUT2D eigenvalue weighted by atomic mass is 35.5. The molecule has 1 aromatic rings. The van der Waals surface area contributed by atoms with Gasteiger partial charge in [0.25, 0.3) is 0 Å². The molecular weight excluding hydrogens is 552 g/mol. The molecule has 0 spiro atoms. The number of unbranched alkanes of at least 4 members (excludes halogenated alkanes) is 1. The highest BCUT2D eigenvalue weighted by Gasteiger charge is 2.45. The molecule has 6 unspecified atom stereocenters. The van der Waals surface area contributed by atoms with E-state index in [0.29, 0.717) is 43.2 Å². The minimum atomic E-state index is -0.808. The highest BCUT2D eigenvalue weighted by Crippen LogP contribution is 2.33. The second kappa shape index (κ2) is 17.2. The molecule has 10 heteroatoms. The van der Waals surface area contributed by atoms with Crippen molar-refractivity contribution in [3.63, 3.8) is 0 Å². The van der Waals surface area contributed by atoms with Gasteiger partial charge in [0.2, 0.25) is 0 Å². The van der Waals surface area contributed by atoms with Crippen LogP contribution in [0.2, 0.25) is 5.02 Å². The average molecular weight is 595 g/mol. The summed E-state index contributed by atoms with van der Waals surface area (Å²) in [6.07, 6.45) is 9.65. The molecule has 228 valence electrons. The summed E-state index contributed by atoms with van der Waals surface area (Å²) in [5.74, 6) is -0.459. The summed E-state index contributed by atoms with van der Waals surface area (Å²) < 4.78 is 36.7. The first kappa shape index (κ1) is 31.9. The van der Waals surface area contributed by atoms with Gasteiger partial charge in [-0.1, -0.05) is 29.8 Å². The third kappa shape index (κ3) is 11.0. The highest BCUT2D eigenvalue weighted by molar-refractivity contribution is 6.30. The number of carbonyl (C=O) groups excluding carboxylic acids is 1. The molecule has 1 aliphatic carbocycles.